The fraction of sp³-hybridized carbons (Fsp3) is 0.238. The van der Waals surface area contributed by atoms with Crippen molar-refractivity contribution in [3.05, 3.63) is 71.0 Å². The lowest BCUT2D eigenvalue weighted by molar-refractivity contribution is 0.415. The minimum Gasteiger partial charge on any atom is -0.497 e. The second-order valence-electron chi connectivity index (χ2n) is 6.50. The molecule has 3 aromatic rings. The van der Waals surface area contributed by atoms with Crippen LogP contribution in [-0.4, -0.2) is 22.0 Å². The van der Waals surface area contributed by atoms with Gasteiger partial charge in [0.2, 0.25) is 0 Å². The van der Waals surface area contributed by atoms with Crippen LogP contribution in [0, 0.1) is 20.8 Å². The molecule has 0 amide bonds. The maximum Gasteiger partial charge on any atom is 0.175 e. The minimum atomic E-state index is 0.518. The largest absolute Gasteiger partial charge is 0.497 e. The number of aromatic nitrogens is 2. The third kappa shape index (κ3) is 4.65. The monoisotopic (exact) mass is 380 g/mol. The van der Waals surface area contributed by atoms with E-state index in [1.165, 1.54) is 11.1 Å². The highest BCUT2D eigenvalue weighted by atomic mass is 32.1. The van der Waals surface area contributed by atoms with Crippen LogP contribution in [0.1, 0.15) is 22.5 Å². The van der Waals surface area contributed by atoms with Gasteiger partial charge in [0.25, 0.3) is 0 Å². The van der Waals surface area contributed by atoms with Gasteiger partial charge in [-0.25, -0.2) is 0 Å². The summed E-state index contributed by atoms with van der Waals surface area (Å²) < 4.78 is 7.24. The third-order valence-electron chi connectivity index (χ3n) is 4.40. The van der Waals surface area contributed by atoms with Gasteiger partial charge in [-0.1, -0.05) is 35.9 Å². The zero-order valence-electron chi connectivity index (χ0n) is 16.0. The first-order valence-electron chi connectivity index (χ1n) is 8.78. The van der Waals surface area contributed by atoms with Crippen LogP contribution in [0.25, 0.3) is 0 Å². The van der Waals surface area contributed by atoms with Gasteiger partial charge in [0.15, 0.2) is 5.11 Å². The van der Waals surface area contributed by atoms with E-state index in [4.69, 9.17) is 17.0 Å². The first kappa shape index (κ1) is 18.9. The Morgan fingerprint density at radius 3 is 2.52 bits per heavy atom. The van der Waals surface area contributed by atoms with Gasteiger partial charge in [-0.2, -0.15) is 5.10 Å². The van der Waals surface area contributed by atoms with Crippen molar-refractivity contribution in [3.63, 3.8) is 0 Å². The lowest BCUT2D eigenvalue weighted by atomic mass is 10.1. The maximum atomic E-state index is 5.47. The lowest BCUT2D eigenvalue weighted by Crippen LogP contribution is -2.20. The maximum absolute atomic E-state index is 5.47. The number of benzene rings is 2. The van der Waals surface area contributed by atoms with E-state index in [1.54, 1.807) is 7.11 Å². The summed E-state index contributed by atoms with van der Waals surface area (Å²) in [6, 6.07) is 16.2. The molecule has 0 atom stereocenters. The van der Waals surface area contributed by atoms with Crippen molar-refractivity contribution in [2.24, 2.45) is 0 Å². The average molecular weight is 381 g/mol. The van der Waals surface area contributed by atoms with E-state index in [1.807, 2.05) is 42.8 Å². The van der Waals surface area contributed by atoms with Crippen LogP contribution in [0.5, 0.6) is 5.75 Å². The predicted octanol–water partition coefficient (Wildman–Crippen LogP) is 4.67. The Kier molecular flexibility index (Phi) is 5.76. The van der Waals surface area contributed by atoms with Crippen LogP contribution in [0.15, 0.2) is 48.5 Å². The molecule has 0 aliphatic heterocycles. The Labute approximate surface area is 165 Å². The average Bonchev–Trinajstić information content (AvgIpc) is 2.91. The Bertz CT molecular complexity index is 947. The molecular formula is C21H24N4OS. The predicted molar refractivity (Wildman–Crippen MR) is 115 cm³/mol. The van der Waals surface area contributed by atoms with Crippen LogP contribution in [-0.2, 0) is 6.54 Å². The number of thiocarbonyl (C=S) groups is 1. The SMILES string of the molecule is COc1cccc(NC(=S)Nc2c(C)nn(Cc3ccc(C)cc3)c2C)c1. The summed E-state index contributed by atoms with van der Waals surface area (Å²) in [5.74, 6) is 0.779. The fourth-order valence-electron chi connectivity index (χ4n) is 2.87. The molecule has 0 radical (unpaired) electrons. The normalized spacial score (nSPS) is 10.5. The van der Waals surface area contributed by atoms with Crippen molar-refractivity contribution in [1.82, 2.24) is 9.78 Å². The zero-order valence-corrected chi connectivity index (χ0v) is 16.9. The van der Waals surface area contributed by atoms with Crippen molar-refractivity contribution in [3.8, 4) is 5.75 Å². The first-order chi connectivity index (χ1) is 13.0. The summed E-state index contributed by atoms with van der Waals surface area (Å²) in [6.45, 7) is 6.84. The summed E-state index contributed by atoms with van der Waals surface area (Å²) >= 11 is 5.47. The van der Waals surface area contributed by atoms with E-state index < -0.39 is 0 Å². The molecule has 27 heavy (non-hydrogen) atoms. The van der Waals surface area contributed by atoms with Crippen LogP contribution in [0.3, 0.4) is 0 Å². The van der Waals surface area contributed by atoms with Crippen LogP contribution in [0.4, 0.5) is 11.4 Å². The van der Waals surface area contributed by atoms with Crippen molar-refractivity contribution in [1.29, 1.82) is 0 Å². The molecule has 3 rings (SSSR count). The number of anilines is 2. The molecule has 0 bridgehead atoms. The highest BCUT2D eigenvalue weighted by Gasteiger charge is 2.13. The van der Waals surface area contributed by atoms with Gasteiger partial charge >= 0.3 is 0 Å². The smallest absolute Gasteiger partial charge is 0.175 e. The van der Waals surface area contributed by atoms with Gasteiger partial charge in [0.1, 0.15) is 5.75 Å². The highest BCUT2D eigenvalue weighted by Crippen LogP contribution is 2.22. The molecule has 140 valence electrons. The fourth-order valence-corrected chi connectivity index (χ4v) is 3.09. The van der Waals surface area contributed by atoms with Crippen molar-refractivity contribution in [2.45, 2.75) is 27.3 Å². The van der Waals surface area contributed by atoms with Gasteiger partial charge in [0.05, 0.1) is 30.7 Å². The molecule has 0 spiro atoms. The second kappa shape index (κ2) is 8.22. The molecule has 5 nitrogen and oxygen atoms in total. The molecule has 6 heteroatoms. The number of nitrogens with zero attached hydrogens (tertiary/aromatic N) is 2. The minimum absolute atomic E-state index is 0.518. The van der Waals surface area contributed by atoms with Crippen molar-refractivity contribution in [2.75, 3.05) is 17.7 Å². The molecular weight excluding hydrogens is 356 g/mol. The number of nitrogens with one attached hydrogen (secondary N) is 2. The molecule has 2 N–H and O–H groups in total. The number of aryl methyl sites for hydroxylation is 2. The second-order valence-corrected chi connectivity index (χ2v) is 6.91. The van der Waals surface area contributed by atoms with E-state index in [-0.39, 0.29) is 0 Å². The summed E-state index contributed by atoms with van der Waals surface area (Å²) in [4.78, 5) is 0. The van der Waals surface area contributed by atoms with Crippen LogP contribution < -0.4 is 15.4 Å². The summed E-state index contributed by atoms with van der Waals surface area (Å²) in [5.41, 5.74) is 6.23. The summed E-state index contributed by atoms with van der Waals surface area (Å²) in [6.07, 6.45) is 0. The third-order valence-corrected chi connectivity index (χ3v) is 4.60. The standard InChI is InChI=1S/C21H24N4OS/c1-14-8-10-17(11-9-14)13-25-16(3)20(15(2)24-25)23-21(27)22-18-6-5-7-19(12-18)26-4/h5-12H,13H2,1-4H3,(H2,22,23,27). The van der Waals surface area contributed by atoms with Gasteiger partial charge in [-0.3, -0.25) is 4.68 Å². The van der Waals surface area contributed by atoms with Crippen LogP contribution in [0.2, 0.25) is 0 Å². The van der Waals surface area contributed by atoms with Crippen LogP contribution >= 0.6 is 12.2 Å². The Morgan fingerprint density at radius 1 is 1.07 bits per heavy atom. The van der Waals surface area contributed by atoms with E-state index in [0.29, 0.717) is 5.11 Å². The number of methoxy groups -OCH3 is 1. The number of hydrogen-bond acceptors (Lipinski definition) is 3. The zero-order chi connectivity index (χ0) is 19.4. The Balaban J connectivity index is 1.72. The van der Waals surface area contributed by atoms with E-state index >= 15 is 0 Å². The Hall–Kier alpha value is -2.86. The molecule has 1 aromatic heterocycles. The number of rotatable bonds is 5. The number of hydrogen-bond donors (Lipinski definition) is 2. The molecule has 1 heterocycles. The van der Waals surface area contributed by atoms with Gasteiger partial charge < -0.3 is 15.4 Å². The molecule has 0 unspecified atom stereocenters. The molecule has 0 saturated heterocycles. The van der Waals surface area contributed by atoms with Crippen molar-refractivity contribution < 1.29 is 4.74 Å². The molecule has 0 saturated carbocycles. The summed E-state index contributed by atoms with van der Waals surface area (Å²) in [7, 11) is 1.64. The molecule has 0 aliphatic rings. The quantitative estimate of drug-likeness (QED) is 0.630. The highest BCUT2D eigenvalue weighted by molar-refractivity contribution is 7.80. The van der Waals surface area contributed by atoms with E-state index in [0.717, 1.165) is 35.1 Å². The van der Waals surface area contributed by atoms with Gasteiger partial charge in [0, 0.05) is 11.8 Å². The molecule has 0 fully saturated rings. The topological polar surface area (TPSA) is 51.1 Å². The van der Waals surface area contributed by atoms with Gasteiger partial charge in [-0.15, -0.1) is 0 Å². The van der Waals surface area contributed by atoms with Gasteiger partial charge in [-0.05, 0) is 50.7 Å². The molecule has 0 aliphatic carbocycles. The lowest BCUT2D eigenvalue weighted by Gasteiger charge is -2.12. The Morgan fingerprint density at radius 2 is 1.81 bits per heavy atom. The first-order valence-corrected chi connectivity index (χ1v) is 9.18. The number of ether oxygens (including phenoxy) is 1. The van der Waals surface area contributed by atoms with Crippen molar-refractivity contribution >= 4 is 28.7 Å². The molecule has 2 aromatic carbocycles. The summed E-state index contributed by atoms with van der Waals surface area (Å²) in [5, 5.41) is 11.6. The van der Waals surface area contributed by atoms with E-state index in [2.05, 4.69) is 46.9 Å². The van der Waals surface area contributed by atoms with E-state index in [9.17, 15) is 0 Å².